The fourth-order valence-corrected chi connectivity index (χ4v) is 2.52. The van der Waals surface area contributed by atoms with Crippen LogP contribution in [0.2, 0.25) is 0 Å². The summed E-state index contributed by atoms with van der Waals surface area (Å²) in [5.41, 5.74) is 3.19. The van der Waals surface area contributed by atoms with Crippen LogP contribution in [0.3, 0.4) is 0 Å². The van der Waals surface area contributed by atoms with Gasteiger partial charge in [-0.1, -0.05) is 20.3 Å². The Morgan fingerprint density at radius 3 is 2.94 bits per heavy atom. The molecule has 0 saturated heterocycles. The Morgan fingerprint density at radius 2 is 2.28 bits per heavy atom. The molecule has 96 valence electrons. The minimum atomic E-state index is 0.622. The molecule has 18 heavy (non-hydrogen) atoms. The van der Waals surface area contributed by atoms with Gasteiger partial charge in [0.15, 0.2) is 0 Å². The Hall–Kier alpha value is -1.56. The van der Waals surface area contributed by atoms with E-state index in [2.05, 4.69) is 24.8 Å². The van der Waals surface area contributed by atoms with Gasteiger partial charge in [0, 0.05) is 19.3 Å². The number of nitrogens with zero attached hydrogens (tertiary/aromatic N) is 3. The highest BCUT2D eigenvalue weighted by Crippen LogP contribution is 2.27. The van der Waals surface area contributed by atoms with Crippen molar-refractivity contribution in [2.45, 2.75) is 39.5 Å². The van der Waals surface area contributed by atoms with Gasteiger partial charge in [-0.15, -0.1) is 0 Å². The van der Waals surface area contributed by atoms with Gasteiger partial charge >= 0.3 is 0 Å². The number of nitriles is 1. The van der Waals surface area contributed by atoms with E-state index in [0.717, 1.165) is 37.2 Å². The highest BCUT2D eigenvalue weighted by Gasteiger charge is 2.18. The number of hydrogen-bond donors (Lipinski definition) is 0. The molecule has 1 aliphatic rings. The van der Waals surface area contributed by atoms with Crippen LogP contribution in [0.5, 0.6) is 0 Å². The molecule has 0 fully saturated rings. The summed E-state index contributed by atoms with van der Waals surface area (Å²) in [6.45, 7) is 5.38. The minimum absolute atomic E-state index is 0.622. The van der Waals surface area contributed by atoms with Crippen LogP contribution in [0.15, 0.2) is 6.07 Å². The molecular weight excluding hydrogens is 222 g/mol. The summed E-state index contributed by atoms with van der Waals surface area (Å²) in [5, 5.41) is 9.27. The topological polar surface area (TPSA) is 39.9 Å². The van der Waals surface area contributed by atoms with E-state index in [9.17, 15) is 5.26 Å². The van der Waals surface area contributed by atoms with E-state index in [0.29, 0.717) is 5.92 Å². The van der Waals surface area contributed by atoms with Crippen molar-refractivity contribution in [3.63, 3.8) is 0 Å². The Morgan fingerprint density at radius 1 is 1.50 bits per heavy atom. The SMILES string of the molecule is CCC(C)CN(C)c1nc2c(cc1C#N)CCC2. The maximum absolute atomic E-state index is 9.27. The fourth-order valence-electron chi connectivity index (χ4n) is 2.52. The van der Waals surface area contributed by atoms with Crippen molar-refractivity contribution in [2.75, 3.05) is 18.5 Å². The van der Waals surface area contributed by atoms with Crippen LogP contribution in [0, 0.1) is 17.2 Å². The van der Waals surface area contributed by atoms with Gasteiger partial charge in [0.1, 0.15) is 11.9 Å². The molecule has 3 nitrogen and oxygen atoms in total. The van der Waals surface area contributed by atoms with E-state index in [1.54, 1.807) is 0 Å². The van der Waals surface area contributed by atoms with Crippen molar-refractivity contribution in [1.29, 1.82) is 5.26 Å². The van der Waals surface area contributed by atoms with Crippen LogP contribution in [-0.4, -0.2) is 18.6 Å². The molecule has 3 heteroatoms. The number of hydrogen-bond acceptors (Lipinski definition) is 3. The van der Waals surface area contributed by atoms with Crippen LogP contribution in [-0.2, 0) is 12.8 Å². The molecule has 0 saturated carbocycles. The van der Waals surface area contributed by atoms with Gasteiger partial charge in [-0.25, -0.2) is 4.98 Å². The largest absolute Gasteiger partial charge is 0.358 e. The Balaban J connectivity index is 2.29. The average molecular weight is 243 g/mol. The molecule has 1 unspecified atom stereocenters. The fraction of sp³-hybridized carbons (Fsp3) is 0.600. The lowest BCUT2D eigenvalue weighted by Gasteiger charge is -2.23. The van der Waals surface area contributed by atoms with E-state index in [4.69, 9.17) is 4.98 Å². The second-order valence-electron chi connectivity index (χ2n) is 5.32. The molecule has 2 rings (SSSR count). The molecule has 0 spiro atoms. The quantitative estimate of drug-likeness (QED) is 0.816. The van der Waals surface area contributed by atoms with Gasteiger partial charge in [0.25, 0.3) is 0 Å². The maximum Gasteiger partial charge on any atom is 0.146 e. The first-order chi connectivity index (χ1) is 8.65. The third-order valence-electron chi connectivity index (χ3n) is 3.80. The van der Waals surface area contributed by atoms with Crippen LogP contribution >= 0.6 is 0 Å². The normalized spacial score (nSPS) is 15.0. The highest BCUT2D eigenvalue weighted by atomic mass is 15.2. The number of aromatic nitrogens is 1. The summed E-state index contributed by atoms with van der Waals surface area (Å²) in [5.74, 6) is 1.48. The van der Waals surface area contributed by atoms with E-state index in [1.165, 1.54) is 17.7 Å². The van der Waals surface area contributed by atoms with E-state index < -0.39 is 0 Å². The zero-order chi connectivity index (χ0) is 13.1. The third-order valence-corrected chi connectivity index (χ3v) is 3.80. The van der Waals surface area contributed by atoms with Crippen molar-refractivity contribution in [3.8, 4) is 6.07 Å². The number of anilines is 1. The van der Waals surface area contributed by atoms with Gasteiger partial charge in [-0.2, -0.15) is 5.26 Å². The smallest absolute Gasteiger partial charge is 0.146 e. The van der Waals surface area contributed by atoms with Crippen molar-refractivity contribution in [3.05, 3.63) is 22.9 Å². The summed E-state index contributed by atoms with van der Waals surface area (Å²) in [4.78, 5) is 6.85. The molecule has 0 bridgehead atoms. The Bertz CT molecular complexity index is 473. The van der Waals surface area contributed by atoms with Gasteiger partial charge < -0.3 is 4.90 Å². The van der Waals surface area contributed by atoms with Crippen molar-refractivity contribution in [1.82, 2.24) is 4.98 Å². The maximum atomic E-state index is 9.27. The second kappa shape index (κ2) is 5.39. The first-order valence-corrected chi connectivity index (χ1v) is 6.79. The van der Waals surface area contributed by atoms with Crippen molar-refractivity contribution in [2.24, 2.45) is 5.92 Å². The zero-order valence-corrected chi connectivity index (χ0v) is 11.5. The summed E-state index contributed by atoms with van der Waals surface area (Å²) < 4.78 is 0. The number of pyridine rings is 1. The van der Waals surface area contributed by atoms with E-state index in [1.807, 2.05) is 13.1 Å². The molecule has 0 aliphatic heterocycles. The second-order valence-corrected chi connectivity index (χ2v) is 5.32. The Labute approximate surface area is 109 Å². The van der Waals surface area contributed by atoms with Crippen molar-refractivity contribution < 1.29 is 0 Å². The molecule has 1 aromatic heterocycles. The molecule has 1 atom stereocenters. The lowest BCUT2D eigenvalue weighted by Crippen LogP contribution is -2.25. The lowest BCUT2D eigenvalue weighted by atomic mass is 10.1. The van der Waals surface area contributed by atoms with Crippen LogP contribution in [0.4, 0.5) is 5.82 Å². The Kier molecular flexibility index (Phi) is 3.86. The van der Waals surface area contributed by atoms with E-state index >= 15 is 0 Å². The molecule has 0 aromatic carbocycles. The number of aryl methyl sites for hydroxylation is 2. The molecule has 1 heterocycles. The summed E-state index contributed by atoms with van der Waals surface area (Å²) in [6.07, 6.45) is 4.46. The predicted molar refractivity (Wildman–Crippen MR) is 73.7 cm³/mol. The molecule has 0 N–H and O–H groups in total. The van der Waals surface area contributed by atoms with Crippen LogP contribution in [0.1, 0.15) is 43.5 Å². The summed E-state index contributed by atoms with van der Waals surface area (Å²) in [7, 11) is 2.04. The molecule has 0 radical (unpaired) electrons. The molecule has 0 amide bonds. The molecule has 1 aliphatic carbocycles. The standard InChI is InChI=1S/C15H21N3/c1-4-11(2)10-18(3)15-13(9-16)8-12-6-5-7-14(12)17-15/h8,11H,4-7,10H2,1-3H3. The first kappa shape index (κ1) is 12.9. The van der Waals surface area contributed by atoms with Crippen molar-refractivity contribution >= 4 is 5.82 Å². The minimum Gasteiger partial charge on any atom is -0.358 e. The van der Waals surface area contributed by atoms with E-state index in [-0.39, 0.29) is 0 Å². The van der Waals surface area contributed by atoms with Gasteiger partial charge in [0.05, 0.1) is 5.56 Å². The monoisotopic (exact) mass is 243 g/mol. The zero-order valence-electron chi connectivity index (χ0n) is 11.5. The molecular formula is C15H21N3. The molecule has 1 aromatic rings. The summed E-state index contributed by atoms with van der Waals surface area (Å²) in [6, 6.07) is 4.33. The highest BCUT2D eigenvalue weighted by molar-refractivity contribution is 5.56. The van der Waals surface area contributed by atoms with Gasteiger partial charge in [-0.05, 0) is 36.8 Å². The lowest BCUT2D eigenvalue weighted by molar-refractivity contribution is 0.557. The summed E-state index contributed by atoms with van der Waals surface area (Å²) >= 11 is 0. The predicted octanol–water partition coefficient (Wildman–Crippen LogP) is 2.92. The average Bonchev–Trinajstić information content (AvgIpc) is 2.83. The number of rotatable bonds is 4. The van der Waals surface area contributed by atoms with Gasteiger partial charge in [0.2, 0.25) is 0 Å². The van der Waals surface area contributed by atoms with Crippen LogP contribution in [0.25, 0.3) is 0 Å². The van der Waals surface area contributed by atoms with Crippen LogP contribution < -0.4 is 4.90 Å². The third kappa shape index (κ3) is 2.48. The number of fused-ring (bicyclic) bond motifs is 1. The van der Waals surface area contributed by atoms with Gasteiger partial charge in [-0.3, -0.25) is 0 Å². The first-order valence-electron chi connectivity index (χ1n) is 6.79.